The highest BCUT2D eigenvalue weighted by Gasteiger charge is 2.03. The van der Waals surface area contributed by atoms with Gasteiger partial charge in [-0.15, -0.1) is 0 Å². The molecule has 0 bridgehead atoms. The third-order valence-electron chi connectivity index (χ3n) is 1.91. The summed E-state index contributed by atoms with van der Waals surface area (Å²) in [4.78, 5) is 10.3. The van der Waals surface area contributed by atoms with E-state index < -0.39 is 5.97 Å². The molecule has 0 aliphatic heterocycles. The lowest BCUT2D eigenvalue weighted by Gasteiger charge is -2.03. The molecule has 0 amide bonds. The lowest BCUT2D eigenvalue weighted by molar-refractivity contribution is -0.136. The van der Waals surface area contributed by atoms with Crippen LogP contribution in [0.5, 0.6) is 0 Å². The van der Waals surface area contributed by atoms with Crippen LogP contribution in [0.1, 0.15) is 17.5 Å². The van der Waals surface area contributed by atoms with Crippen LogP contribution < -0.4 is 0 Å². The summed E-state index contributed by atoms with van der Waals surface area (Å²) >= 11 is 5.78. The zero-order valence-electron chi connectivity index (χ0n) is 7.53. The molecule has 4 heteroatoms. The summed E-state index contributed by atoms with van der Waals surface area (Å²) in [6.45, 7) is -0.125. The fourth-order valence-corrected chi connectivity index (χ4v) is 1.33. The second-order valence-electron chi connectivity index (χ2n) is 2.98. The number of halogens is 1. The van der Waals surface area contributed by atoms with Gasteiger partial charge >= 0.3 is 5.97 Å². The van der Waals surface area contributed by atoms with Gasteiger partial charge in [0.05, 0.1) is 6.61 Å². The second-order valence-corrected chi connectivity index (χ2v) is 3.38. The van der Waals surface area contributed by atoms with E-state index >= 15 is 0 Å². The maximum absolute atomic E-state index is 10.3. The topological polar surface area (TPSA) is 57.5 Å². The van der Waals surface area contributed by atoms with E-state index in [9.17, 15) is 4.79 Å². The summed E-state index contributed by atoms with van der Waals surface area (Å²) in [6, 6.07) is 5.17. The molecule has 0 saturated carbocycles. The highest BCUT2D eigenvalue weighted by atomic mass is 35.5. The zero-order valence-corrected chi connectivity index (χ0v) is 8.29. The molecule has 2 N–H and O–H groups in total. The number of carboxylic acids is 1. The van der Waals surface area contributed by atoms with Crippen LogP contribution in [0.15, 0.2) is 18.2 Å². The molecule has 0 heterocycles. The molecule has 76 valence electrons. The number of aryl methyl sites for hydroxylation is 1. The van der Waals surface area contributed by atoms with Crippen molar-refractivity contribution in [3.8, 4) is 0 Å². The third-order valence-corrected chi connectivity index (χ3v) is 2.28. The molecule has 0 radical (unpaired) electrons. The first-order valence-corrected chi connectivity index (χ1v) is 4.61. The standard InChI is InChI=1S/C10H11ClO3/c11-9-3-1-7(2-4-10(13)14)5-8(9)6-12/h1,3,5,12H,2,4,6H2,(H,13,14). The molecule has 3 nitrogen and oxygen atoms in total. The molecular weight excluding hydrogens is 204 g/mol. The molecule has 0 spiro atoms. The van der Waals surface area contributed by atoms with Crippen molar-refractivity contribution in [3.05, 3.63) is 34.3 Å². The summed E-state index contributed by atoms with van der Waals surface area (Å²) in [5.74, 6) is -0.828. The van der Waals surface area contributed by atoms with E-state index in [2.05, 4.69) is 0 Å². The van der Waals surface area contributed by atoms with Crippen LogP contribution in [0.4, 0.5) is 0 Å². The second kappa shape index (κ2) is 4.98. The van der Waals surface area contributed by atoms with E-state index in [1.807, 2.05) is 0 Å². The lowest BCUT2D eigenvalue weighted by atomic mass is 10.1. The molecule has 1 aromatic carbocycles. The molecular formula is C10H11ClO3. The van der Waals surface area contributed by atoms with Crippen molar-refractivity contribution >= 4 is 17.6 Å². The van der Waals surface area contributed by atoms with Crippen molar-refractivity contribution in [1.29, 1.82) is 0 Å². The van der Waals surface area contributed by atoms with Crippen LogP contribution in [0.2, 0.25) is 5.02 Å². The van der Waals surface area contributed by atoms with Crippen LogP contribution in [0.25, 0.3) is 0 Å². The van der Waals surface area contributed by atoms with E-state index in [1.54, 1.807) is 18.2 Å². The largest absolute Gasteiger partial charge is 0.481 e. The average molecular weight is 215 g/mol. The van der Waals surface area contributed by atoms with Gasteiger partial charge in [-0.25, -0.2) is 0 Å². The minimum absolute atomic E-state index is 0.0898. The number of carbonyl (C=O) groups is 1. The van der Waals surface area contributed by atoms with Gasteiger partial charge in [0, 0.05) is 11.4 Å². The average Bonchev–Trinajstić information content (AvgIpc) is 2.16. The van der Waals surface area contributed by atoms with Gasteiger partial charge < -0.3 is 10.2 Å². The normalized spacial score (nSPS) is 10.1. The van der Waals surface area contributed by atoms with E-state index in [0.29, 0.717) is 17.0 Å². The Kier molecular flexibility index (Phi) is 3.92. The molecule has 0 aliphatic carbocycles. The Morgan fingerprint density at radius 3 is 2.71 bits per heavy atom. The van der Waals surface area contributed by atoms with Gasteiger partial charge in [0.2, 0.25) is 0 Å². The van der Waals surface area contributed by atoms with Crippen molar-refractivity contribution in [2.45, 2.75) is 19.4 Å². The molecule has 0 aromatic heterocycles. The van der Waals surface area contributed by atoms with Crippen molar-refractivity contribution in [2.24, 2.45) is 0 Å². The number of aliphatic carboxylic acids is 1. The van der Waals surface area contributed by atoms with Gasteiger partial charge in [-0.05, 0) is 23.6 Å². The first-order valence-electron chi connectivity index (χ1n) is 4.23. The molecule has 14 heavy (non-hydrogen) atoms. The van der Waals surface area contributed by atoms with Crippen LogP contribution in [-0.4, -0.2) is 16.2 Å². The van der Waals surface area contributed by atoms with Gasteiger partial charge in [0.15, 0.2) is 0 Å². The van der Waals surface area contributed by atoms with Crippen LogP contribution in [0.3, 0.4) is 0 Å². The first-order chi connectivity index (χ1) is 6.63. The molecule has 1 rings (SSSR count). The Morgan fingerprint density at radius 2 is 2.14 bits per heavy atom. The number of rotatable bonds is 4. The monoisotopic (exact) mass is 214 g/mol. The third kappa shape index (κ3) is 3.01. The smallest absolute Gasteiger partial charge is 0.303 e. The highest BCUT2D eigenvalue weighted by molar-refractivity contribution is 6.31. The predicted molar refractivity (Wildman–Crippen MR) is 53.3 cm³/mol. The SMILES string of the molecule is O=C(O)CCc1ccc(Cl)c(CO)c1. The zero-order chi connectivity index (χ0) is 10.6. The highest BCUT2D eigenvalue weighted by Crippen LogP contribution is 2.18. The fourth-order valence-electron chi connectivity index (χ4n) is 1.16. The summed E-state index contributed by atoms with van der Waals surface area (Å²) < 4.78 is 0. The first kappa shape index (κ1) is 11.0. The van der Waals surface area contributed by atoms with E-state index in [1.165, 1.54) is 0 Å². The Labute approximate surface area is 86.9 Å². The predicted octanol–water partition coefficient (Wildman–Crippen LogP) is 1.85. The Hall–Kier alpha value is -1.06. The van der Waals surface area contributed by atoms with Crippen molar-refractivity contribution in [1.82, 2.24) is 0 Å². The minimum atomic E-state index is -0.828. The summed E-state index contributed by atoms with van der Waals surface area (Å²) in [5.41, 5.74) is 1.51. The van der Waals surface area contributed by atoms with Gasteiger partial charge in [-0.2, -0.15) is 0 Å². The summed E-state index contributed by atoms with van der Waals surface area (Å²) in [6.07, 6.45) is 0.548. The molecule has 0 unspecified atom stereocenters. The number of benzene rings is 1. The fraction of sp³-hybridized carbons (Fsp3) is 0.300. The van der Waals surface area contributed by atoms with Gasteiger partial charge in [0.25, 0.3) is 0 Å². The molecule has 0 saturated heterocycles. The Balaban J connectivity index is 2.74. The van der Waals surface area contributed by atoms with Crippen molar-refractivity contribution in [3.63, 3.8) is 0 Å². The number of carboxylic acid groups (broad SMARTS) is 1. The number of aliphatic hydroxyl groups excluding tert-OH is 1. The van der Waals surface area contributed by atoms with E-state index in [0.717, 1.165) is 5.56 Å². The summed E-state index contributed by atoms with van der Waals surface area (Å²) in [7, 11) is 0. The maximum Gasteiger partial charge on any atom is 0.303 e. The van der Waals surface area contributed by atoms with Gasteiger partial charge in [0.1, 0.15) is 0 Å². The van der Waals surface area contributed by atoms with Gasteiger partial charge in [-0.3, -0.25) is 4.79 Å². The molecule has 1 aromatic rings. The molecule has 0 fully saturated rings. The maximum atomic E-state index is 10.3. The summed E-state index contributed by atoms with van der Waals surface area (Å²) in [5, 5.41) is 17.9. The van der Waals surface area contributed by atoms with Gasteiger partial charge in [-0.1, -0.05) is 23.7 Å². The Bertz CT molecular complexity index is 336. The van der Waals surface area contributed by atoms with E-state index in [4.69, 9.17) is 21.8 Å². The Morgan fingerprint density at radius 1 is 1.43 bits per heavy atom. The number of hydrogen-bond donors (Lipinski definition) is 2. The van der Waals surface area contributed by atoms with Crippen LogP contribution >= 0.6 is 11.6 Å². The quantitative estimate of drug-likeness (QED) is 0.804. The molecule has 0 aliphatic rings. The number of aliphatic hydroxyl groups is 1. The van der Waals surface area contributed by atoms with Crippen molar-refractivity contribution in [2.75, 3.05) is 0 Å². The van der Waals surface area contributed by atoms with E-state index in [-0.39, 0.29) is 13.0 Å². The number of hydrogen-bond acceptors (Lipinski definition) is 2. The lowest BCUT2D eigenvalue weighted by Crippen LogP contribution is -1.98. The minimum Gasteiger partial charge on any atom is -0.481 e. The van der Waals surface area contributed by atoms with Crippen molar-refractivity contribution < 1.29 is 15.0 Å². The van der Waals surface area contributed by atoms with Crippen LogP contribution in [0, 0.1) is 0 Å². The van der Waals surface area contributed by atoms with Crippen LogP contribution in [-0.2, 0) is 17.8 Å². The molecule has 0 atom stereocenters.